The Morgan fingerprint density at radius 3 is 2.55 bits per heavy atom. The first-order valence-electron chi connectivity index (χ1n) is 7.34. The highest BCUT2D eigenvalue weighted by atomic mass is 32.2. The topological polar surface area (TPSA) is 69.0 Å². The Bertz CT molecular complexity index is 600. The second kappa shape index (κ2) is 5.31. The highest BCUT2D eigenvalue weighted by Crippen LogP contribution is 2.34. The minimum absolute atomic E-state index is 0.101. The predicted octanol–water partition coefficient (Wildman–Crippen LogP) is 2.10. The third kappa shape index (κ3) is 2.66. The molecule has 1 atom stereocenters. The second-order valence-corrected chi connectivity index (χ2v) is 8.19. The summed E-state index contributed by atoms with van der Waals surface area (Å²) >= 11 is 0. The molecule has 3 rings (SSSR count). The number of hydrogen-bond acceptors (Lipinski definition) is 4. The molecular weight excluding hydrogens is 276 g/mol. The third-order valence-electron chi connectivity index (χ3n) is 4.49. The van der Waals surface area contributed by atoms with Gasteiger partial charge in [-0.2, -0.15) is 5.10 Å². The molecule has 5 nitrogen and oxygen atoms in total. The summed E-state index contributed by atoms with van der Waals surface area (Å²) < 4.78 is 24.9. The normalized spacial score (nSPS) is 26.7. The van der Waals surface area contributed by atoms with Gasteiger partial charge in [-0.15, -0.1) is 0 Å². The summed E-state index contributed by atoms with van der Waals surface area (Å²) in [6.07, 6.45) is 9.00. The molecule has 0 radical (unpaired) electrons. The Hall–Kier alpha value is -1.17. The minimum atomic E-state index is -2.93. The number of aldehydes is 1. The molecule has 1 aromatic heterocycles. The highest BCUT2D eigenvalue weighted by Gasteiger charge is 2.31. The van der Waals surface area contributed by atoms with Crippen LogP contribution in [-0.2, 0) is 9.84 Å². The van der Waals surface area contributed by atoms with E-state index in [-0.39, 0.29) is 17.5 Å². The molecule has 1 saturated heterocycles. The van der Waals surface area contributed by atoms with Crippen LogP contribution in [0.1, 0.15) is 66.5 Å². The van der Waals surface area contributed by atoms with Gasteiger partial charge in [-0.3, -0.25) is 9.48 Å². The molecule has 2 fully saturated rings. The van der Waals surface area contributed by atoms with Crippen molar-refractivity contribution in [2.45, 2.75) is 50.5 Å². The fourth-order valence-corrected chi connectivity index (χ4v) is 5.08. The van der Waals surface area contributed by atoms with E-state index in [4.69, 9.17) is 0 Å². The number of carbonyl (C=O) groups is 1. The lowest BCUT2D eigenvalue weighted by Crippen LogP contribution is -2.13. The maximum absolute atomic E-state index is 11.6. The summed E-state index contributed by atoms with van der Waals surface area (Å²) in [5, 5.41) is 4.57. The van der Waals surface area contributed by atoms with Crippen LogP contribution in [0.4, 0.5) is 0 Å². The molecule has 2 aliphatic rings. The Morgan fingerprint density at radius 2 is 1.95 bits per heavy atom. The molecule has 1 aromatic rings. The van der Waals surface area contributed by atoms with Gasteiger partial charge < -0.3 is 0 Å². The first-order chi connectivity index (χ1) is 9.59. The number of nitrogens with zero attached hydrogens (tertiary/aromatic N) is 2. The molecule has 1 aliphatic carbocycles. The van der Waals surface area contributed by atoms with Gasteiger partial charge in [0.05, 0.1) is 28.8 Å². The largest absolute Gasteiger partial charge is 0.298 e. The van der Waals surface area contributed by atoms with Gasteiger partial charge >= 0.3 is 0 Å². The van der Waals surface area contributed by atoms with E-state index in [1.54, 1.807) is 10.9 Å². The quantitative estimate of drug-likeness (QED) is 0.801. The lowest BCUT2D eigenvalue weighted by atomic mass is 9.86. The van der Waals surface area contributed by atoms with Crippen molar-refractivity contribution < 1.29 is 13.2 Å². The molecule has 1 aliphatic heterocycles. The van der Waals surface area contributed by atoms with Gasteiger partial charge in [-0.05, 0) is 19.3 Å². The van der Waals surface area contributed by atoms with Crippen molar-refractivity contribution in [1.82, 2.24) is 9.78 Å². The smallest absolute Gasteiger partial charge is 0.153 e. The van der Waals surface area contributed by atoms with Crippen molar-refractivity contribution in [3.05, 3.63) is 17.5 Å². The van der Waals surface area contributed by atoms with Crippen molar-refractivity contribution in [3.8, 4) is 0 Å². The van der Waals surface area contributed by atoms with Crippen LogP contribution in [-0.4, -0.2) is 36.0 Å². The predicted molar refractivity (Wildman–Crippen MR) is 75.7 cm³/mol. The van der Waals surface area contributed by atoms with Crippen LogP contribution < -0.4 is 0 Å². The zero-order valence-corrected chi connectivity index (χ0v) is 12.3. The van der Waals surface area contributed by atoms with Gasteiger partial charge in [0, 0.05) is 12.1 Å². The van der Waals surface area contributed by atoms with Crippen LogP contribution in [0, 0.1) is 0 Å². The summed E-state index contributed by atoms with van der Waals surface area (Å²) in [5.74, 6) is 0.743. The average Bonchev–Trinajstić information content (AvgIpc) is 3.02. The SMILES string of the molecule is O=Cc1cn(C2CCS(=O)(=O)C2)nc1C1CCCCC1. The summed E-state index contributed by atoms with van der Waals surface area (Å²) in [4.78, 5) is 11.3. The third-order valence-corrected chi connectivity index (χ3v) is 6.24. The van der Waals surface area contributed by atoms with Gasteiger partial charge in [-0.25, -0.2) is 8.42 Å². The molecular formula is C14H20N2O3S. The molecule has 6 heteroatoms. The van der Waals surface area contributed by atoms with E-state index in [0.29, 0.717) is 17.9 Å². The van der Waals surface area contributed by atoms with E-state index >= 15 is 0 Å². The van der Waals surface area contributed by atoms with Crippen molar-refractivity contribution in [2.24, 2.45) is 0 Å². The van der Waals surface area contributed by atoms with E-state index in [9.17, 15) is 13.2 Å². The van der Waals surface area contributed by atoms with Crippen LogP contribution in [0.2, 0.25) is 0 Å². The van der Waals surface area contributed by atoms with E-state index in [0.717, 1.165) is 24.8 Å². The van der Waals surface area contributed by atoms with E-state index in [1.807, 2.05) is 0 Å². The lowest BCUT2D eigenvalue weighted by Gasteiger charge is -2.20. The summed E-state index contributed by atoms with van der Waals surface area (Å²) in [5.41, 5.74) is 1.52. The van der Waals surface area contributed by atoms with Crippen molar-refractivity contribution in [2.75, 3.05) is 11.5 Å². The first-order valence-corrected chi connectivity index (χ1v) is 9.16. The highest BCUT2D eigenvalue weighted by molar-refractivity contribution is 7.91. The number of rotatable bonds is 3. The zero-order valence-electron chi connectivity index (χ0n) is 11.5. The minimum Gasteiger partial charge on any atom is -0.298 e. The standard InChI is InChI=1S/C14H20N2O3S/c17-9-12-8-16(13-6-7-20(18,19)10-13)15-14(12)11-4-2-1-3-5-11/h8-9,11,13H,1-7,10H2. The molecule has 1 saturated carbocycles. The van der Waals surface area contributed by atoms with Crippen molar-refractivity contribution >= 4 is 16.1 Å². The van der Waals surface area contributed by atoms with E-state index in [1.165, 1.54) is 19.3 Å². The lowest BCUT2D eigenvalue weighted by molar-refractivity contribution is 0.112. The van der Waals surface area contributed by atoms with Crippen LogP contribution in [0.15, 0.2) is 6.20 Å². The number of hydrogen-bond donors (Lipinski definition) is 0. The number of sulfone groups is 1. The van der Waals surface area contributed by atoms with Gasteiger partial charge in [0.2, 0.25) is 0 Å². The van der Waals surface area contributed by atoms with E-state index in [2.05, 4.69) is 5.10 Å². The van der Waals surface area contributed by atoms with Crippen LogP contribution in [0.5, 0.6) is 0 Å². The van der Waals surface area contributed by atoms with Gasteiger partial charge in [0.15, 0.2) is 16.1 Å². The van der Waals surface area contributed by atoms with Crippen LogP contribution in [0.25, 0.3) is 0 Å². The molecule has 20 heavy (non-hydrogen) atoms. The summed E-state index contributed by atoms with van der Waals surface area (Å²) in [6, 6.07) is -0.101. The van der Waals surface area contributed by atoms with Crippen molar-refractivity contribution in [1.29, 1.82) is 0 Å². The fourth-order valence-electron chi connectivity index (χ4n) is 3.37. The van der Waals surface area contributed by atoms with E-state index < -0.39 is 9.84 Å². The Labute approximate surface area is 119 Å². The van der Waals surface area contributed by atoms with Gasteiger partial charge in [-0.1, -0.05) is 19.3 Å². The molecule has 2 heterocycles. The Kier molecular flexibility index (Phi) is 3.67. The monoisotopic (exact) mass is 296 g/mol. The van der Waals surface area contributed by atoms with Gasteiger partial charge in [0.1, 0.15) is 0 Å². The maximum Gasteiger partial charge on any atom is 0.153 e. The first kappa shape index (κ1) is 13.8. The number of aromatic nitrogens is 2. The Balaban J connectivity index is 1.86. The zero-order chi connectivity index (χ0) is 14.2. The van der Waals surface area contributed by atoms with Crippen molar-refractivity contribution in [3.63, 3.8) is 0 Å². The molecule has 110 valence electrons. The maximum atomic E-state index is 11.6. The molecule has 0 aromatic carbocycles. The molecule has 0 amide bonds. The molecule has 0 spiro atoms. The summed E-state index contributed by atoms with van der Waals surface area (Å²) in [6.45, 7) is 0. The second-order valence-electron chi connectivity index (χ2n) is 5.96. The van der Waals surface area contributed by atoms with Gasteiger partial charge in [0.25, 0.3) is 0 Å². The summed E-state index contributed by atoms with van der Waals surface area (Å²) in [7, 11) is -2.93. The number of carbonyl (C=O) groups excluding carboxylic acids is 1. The molecule has 0 bridgehead atoms. The average molecular weight is 296 g/mol. The molecule has 0 N–H and O–H groups in total. The van der Waals surface area contributed by atoms with Crippen LogP contribution >= 0.6 is 0 Å². The molecule has 1 unspecified atom stereocenters. The van der Waals surface area contributed by atoms with Crippen LogP contribution in [0.3, 0.4) is 0 Å². The fraction of sp³-hybridized carbons (Fsp3) is 0.714. The Morgan fingerprint density at radius 1 is 1.20 bits per heavy atom.